The predicted molar refractivity (Wildman–Crippen MR) is 125 cm³/mol. The first-order valence-corrected chi connectivity index (χ1v) is 12.6. The molecule has 0 aliphatic rings. The molecule has 8 heteroatoms. The normalized spacial score (nSPS) is 12.9. The Kier molecular flexibility index (Phi) is 19.8. The first kappa shape index (κ1) is 31.3. The van der Waals surface area contributed by atoms with Gasteiger partial charge in [0.25, 0.3) is 0 Å². The molecule has 0 aliphatic heterocycles. The van der Waals surface area contributed by atoms with Crippen molar-refractivity contribution in [2.75, 3.05) is 13.2 Å². The largest absolute Gasteiger partial charge is 0.463 e. The standard InChI is InChI=1S/C25H46O8/c1-4-5-6-7-8-9-10-11-14-22(31-20(2)28)15-12-13-16-23(32-21(3)29)17-25(30)33-24(18-26)19-27/h22-24,26-27H,4-19H2,1-3H3. The Morgan fingerprint density at radius 2 is 1.03 bits per heavy atom. The van der Waals surface area contributed by atoms with Gasteiger partial charge in [0.2, 0.25) is 0 Å². The maximum atomic E-state index is 12.0. The first-order valence-electron chi connectivity index (χ1n) is 12.6. The van der Waals surface area contributed by atoms with E-state index in [9.17, 15) is 14.4 Å². The average molecular weight is 475 g/mol. The Morgan fingerprint density at radius 1 is 0.606 bits per heavy atom. The summed E-state index contributed by atoms with van der Waals surface area (Å²) < 4.78 is 15.6. The smallest absolute Gasteiger partial charge is 0.309 e. The van der Waals surface area contributed by atoms with E-state index in [0.29, 0.717) is 12.8 Å². The van der Waals surface area contributed by atoms with Crippen LogP contribution in [0.15, 0.2) is 0 Å². The van der Waals surface area contributed by atoms with Gasteiger partial charge in [0.1, 0.15) is 18.3 Å². The van der Waals surface area contributed by atoms with Crippen LogP contribution in [0, 0.1) is 0 Å². The van der Waals surface area contributed by atoms with Crippen LogP contribution in [0.4, 0.5) is 0 Å². The topological polar surface area (TPSA) is 119 Å². The summed E-state index contributed by atoms with van der Waals surface area (Å²) >= 11 is 0. The van der Waals surface area contributed by atoms with Gasteiger partial charge in [-0.05, 0) is 38.5 Å². The molecule has 0 bridgehead atoms. The van der Waals surface area contributed by atoms with Gasteiger partial charge in [-0.2, -0.15) is 0 Å². The van der Waals surface area contributed by atoms with Crippen molar-refractivity contribution >= 4 is 17.9 Å². The molecule has 0 saturated heterocycles. The van der Waals surface area contributed by atoms with E-state index in [0.717, 1.165) is 32.1 Å². The predicted octanol–water partition coefficient (Wildman–Crippen LogP) is 4.23. The van der Waals surface area contributed by atoms with Crippen LogP contribution in [0.2, 0.25) is 0 Å². The zero-order chi connectivity index (χ0) is 24.9. The first-order chi connectivity index (χ1) is 15.8. The third kappa shape index (κ3) is 19.5. The van der Waals surface area contributed by atoms with E-state index in [1.54, 1.807) is 0 Å². The summed E-state index contributed by atoms with van der Waals surface area (Å²) in [5, 5.41) is 18.0. The second-order valence-electron chi connectivity index (χ2n) is 8.69. The molecule has 0 spiro atoms. The van der Waals surface area contributed by atoms with Crippen LogP contribution in [0.25, 0.3) is 0 Å². The molecule has 33 heavy (non-hydrogen) atoms. The minimum absolute atomic E-state index is 0.116. The number of ether oxygens (including phenoxy) is 3. The zero-order valence-electron chi connectivity index (χ0n) is 20.9. The van der Waals surface area contributed by atoms with Crippen molar-refractivity contribution in [3.05, 3.63) is 0 Å². The number of esters is 3. The average Bonchev–Trinajstić information content (AvgIpc) is 2.75. The Hall–Kier alpha value is -1.67. The zero-order valence-corrected chi connectivity index (χ0v) is 20.9. The van der Waals surface area contributed by atoms with Gasteiger partial charge in [0.05, 0.1) is 19.6 Å². The molecule has 2 unspecified atom stereocenters. The van der Waals surface area contributed by atoms with Gasteiger partial charge in [-0.1, -0.05) is 51.9 Å². The maximum Gasteiger partial charge on any atom is 0.309 e. The van der Waals surface area contributed by atoms with E-state index in [1.807, 2.05) is 0 Å². The highest BCUT2D eigenvalue weighted by Crippen LogP contribution is 2.18. The minimum Gasteiger partial charge on any atom is -0.463 e. The molecule has 0 rings (SSSR count). The van der Waals surface area contributed by atoms with Crippen LogP contribution in [0.5, 0.6) is 0 Å². The van der Waals surface area contributed by atoms with Crippen molar-refractivity contribution in [3.8, 4) is 0 Å². The summed E-state index contributed by atoms with van der Waals surface area (Å²) in [4.78, 5) is 34.8. The number of aliphatic hydroxyl groups is 2. The molecule has 0 saturated carbocycles. The lowest BCUT2D eigenvalue weighted by Crippen LogP contribution is -2.29. The van der Waals surface area contributed by atoms with Crippen molar-refractivity contribution in [2.45, 2.75) is 129 Å². The monoisotopic (exact) mass is 474 g/mol. The van der Waals surface area contributed by atoms with Crippen molar-refractivity contribution in [1.82, 2.24) is 0 Å². The molecule has 8 nitrogen and oxygen atoms in total. The van der Waals surface area contributed by atoms with E-state index in [1.165, 1.54) is 52.4 Å². The van der Waals surface area contributed by atoms with Crippen LogP contribution >= 0.6 is 0 Å². The SMILES string of the molecule is CCCCCCCCCCC(CCCCC(CC(=O)OC(CO)CO)OC(C)=O)OC(C)=O. The second kappa shape index (κ2) is 20.9. The molecule has 0 fully saturated rings. The Balaban J connectivity index is 4.32. The van der Waals surface area contributed by atoms with E-state index in [4.69, 9.17) is 24.4 Å². The molecule has 0 aromatic rings. The summed E-state index contributed by atoms with van der Waals surface area (Å²) in [6.45, 7) is 3.97. The number of carbonyl (C=O) groups is 3. The molecule has 0 aromatic heterocycles. The lowest BCUT2D eigenvalue weighted by Gasteiger charge is -2.20. The van der Waals surface area contributed by atoms with Gasteiger partial charge < -0.3 is 24.4 Å². The summed E-state index contributed by atoms with van der Waals surface area (Å²) in [6.07, 6.45) is 11.5. The van der Waals surface area contributed by atoms with Crippen molar-refractivity contribution < 1.29 is 38.8 Å². The van der Waals surface area contributed by atoms with Crippen LogP contribution in [-0.4, -0.2) is 59.6 Å². The fourth-order valence-corrected chi connectivity index (χ4v) is 3.74. The number of rotatable bonds is 21. The van der Waals surface area contributed by atoms with Crippen LogP contribution in [-0.2, 0) is 28.6 Å². The highest BCUT2D eigenvalue weighted by molar-refractivity contribution is 5.71. The van der Waals surface area contributed by atoms with Gasteiger partial charge in [-0.25, -0.2) is 0 Å². The molecule has 0 heterocycles. The van der Waals surface area contributed by atoms with E-state index in [2.05, 4.69) is 6.92 Å². The lowest BCUT2D eigenvalue weighted by molar-refractivity contribution is -0.160. The Bertz CT molecular complexity index is 519. The molecule has 2 atom stereocenters. The lowest BCUT2D eigenvalue weighted by atomic mass is 10.0. The van der Waals surface area contributed by atoms with Gasteiger partial charge in [0.15, 0.2) is 0 Å². The highest BCUT2D eigenvalue weighted by Gasteiger charge is 2.21. The van der Waals surface area contributed by atoms with E-state index in [-0.39, 0.29) is 18.5 Å². The molecule has 0 amide bonds. The van der Waals surface area contributed by atoms with E-state index >= 15 is 0 Å². The molecule has 0 radical (unpaired) electrons. The quantitative estimate of drug-likeness (QED) is 0.144. The molecule has 2 N–H and O–H groups in total. The Labute approximate surface area is 199 Å². The Morgan fingerprint density at radius 3 is 1.52 bits per heavy atom. The van der Waals surface area contributed by atoms with Crippen molar-refractivity contribution in [3.63, 3.8) is 0 Å². The van der Waals surface area contributed by atoms with Crippen molar-refractivity contribution in [2.24, 2.45) is 0 Å². The highest BCUT2D eigenvalue weighted by atomic mass is 16.6. The number of hydrogen-bond acceptors (Lipinski definition) is 8. The van der Waals surface area contributed by atoms with Crippen molar-refractivity contribution in [1.29, 1.82) is 0 Å². The fraction of sp³-hybridized carbons (Fsp3) is 0.880. The number of carbonyl (C=O) groups excluding carboxylic acids is 3. The summed E-state index contributed by atoms with van der Waals surface area (Å²) in [7, 11) is 0. The van der Waals surface area contributed by atoms with Gasteiger partial charge in [-0.15, -0.1) is 0 Å². The van der Waals surface area contributed by atoms with Crippen LogP contribution in [0.1, 0.15) is 111 Å². The van der Waals surface area contributed by atoms with Crippen LogP contribution < -0.4 is 0 Å². The molecular weight excluding hydrogens is 428 g/mol. The van der Waals surface area contributed by atoms with E-state index < -0.39 is 37.4 Å². The van der Waals surface area contributed by atoms with Crippen LogP contribution in [0.3, 0.4) is 0 Å². The van der Waals surface area contributed by atoms with Gasteiger partial charge in [-0.3, -0.25) is 14.4 Å². The van der Waals surface area contributed by atoms with Gasteiger partial charge >= 0.3 is 17.9 Å². The molecule has 194 valence electrons. The molecule has 0 aliphatic carbocycles. The second-order valence-corrected chi connectivity index (χ2v) is 8.69. The summed E-state index contributed by atoms with van der Waals surface area (Å²) in [6, 6.07) is 0. The molecule has 0 aromatic carbocycles. The fourth-order valence-electron chi connectivity index (χ4n) is 3.74. The summed E-state index contributed by atoms with van der Waals surface area (Å²) in [5.41, 5.74) is 0. The minimum atomic E-state index is -0.976. The van der Waals surface area contributed by atoms with Gasteiger partial charge in [0, 0.05) is 13.8 Å². The third-order valence-electron chi connectivity index (χ3n) is 5.45. The molecular formula is C25H46O8. The third-order valence-corrected chi connectivity index (χ3v) is 5.45. The maximum absolute atomic E-state index is 12.0. The number of aliphatic hydroxyl groups excluding tert-OH is 2. The number of unbranched alkanes of at least 4 members (excludes halogenated alkanes) is 8. The summed E-state index contributed by atoms with van der Waals surface area (Å²) in [5.74, 6) is -1.40. The number of hydrogen-bond donors (Lipinski definition) is 2.